The van der Waals surface area contributed by atoms with Crippen molar-refractivity contribution in [3.8, 4) is 0 Å². The zero-order valence-corrected chi connectivity index (χ0v) is 9.55. The van der Waals surface area contributed by atoms with Gasteiger partial charge in [0.15, 0.2) is 0 Å². The molecule has 0 aromatic rings. The smallest absolute Gasteiger partial charge is 0.148 e. The zero-order valence-electron chi connectivity index (χ0n) is 7.92. The van der Waals surface area contributed by atoms with Gasteiger partial charge in [-0.05, 0) is 12.0 Å². The Morgan fingerprint density at radius 3 is 2.57 bits per heavy atom. The Morgan fingerprint density at radius 1 is 1.43 bits per heavy atom. The Kier molecular flexibility index (Phi) is 6.52. The van der Waals surface area contributed by atoms with E-state index < -0.39 is 20.6 Å². The van der Waals surface area contributed by atoms with Gasteiger partial charge in [-0.1, -0.05) is 5.11 Å². The van der Waals surface area contributed by atoms with Crippen molar-refractivity contribution in [3.05, 3.63) is 10.4 Å². The SMILES string of the molecule is CS(=O)(=O)CCS(=O)CCCN=[N+]=[N-]. The Hall–Kier alpha value is -0.590. The molecule has 0 radical (unpaired) electrons. The van der Waals surface area contributed by atoms with Gasteiger partial charge in [0.25, 0.3) is 0 Å². The fourth-order valence-corrected chi connectivity index (χ4v) is 3.30. The van der Waals surface area contributed by atoms with E-state index in [1.165, 1.54) is 0 Å². The number of rotatable bonds is 7. The van der Waals surface area contributed by atoms with Gasteiger partial charge in [0, 0.05) is 40.0 Å². The minimum absolute atomic E-state index is 0.0544. The number of nitrogens with zero attached hydrogens (tertiary/aromatic N) is 3. The molecular weight excluding hydrogens is 226 g/mol. The van der Waals surface area contributed by atoms with Gasteiger partial charge < -0.3 is 0 Å². The molecule has 0 bridgehead atoms. The van der Waals surface area contributed by atoms with E-state index >= 15 is 0 Å². The molecule has 14 heavy (non-hydrogen) atoms. The van der Waals surface area contributed by atoms with Gasteiger partial charge in [-0.15, -0.1) is 0 Å². The summed E-state index contributed by atoms with van der Waals surface area (Å²) in [5.74, 6) is 0.491. The first kappa shape index (κ1) is 13.4. The van der Waals surface area contributed by atoms with Crippen LogP contribution in [0.4, 0.5) is 0 Å². The zero-order chi connectivity index (χ0) is 11.0. The summed E-state index contributed by atoms with van der Waals surface area (Å²) in [5.41, 5.74) is 7.94. The van der Waals surface area contributed by atoms with Crippen molar-refractivity contribution < 1.29 is 12.6 Å². The summed E-state index contributed by atoms with van der Waals surface area (Å²) in [6.45, 7) is 0.307. The molecule has 6 nitrogen and oxygen atoms in total. The molecule has 0 saturated carbocycles. The fourth-order valence-electron chi connectivity index (χ4n) is 0.687. The van der Waals surface area contributed by atoms with Gasteiger partial charge in [0.1, 0.15) is 9.84 Å². The standard InChI is InChI=1S/C6H13N3O3S2/c1-14(11,12)6-5-13(10)4-2-3-8-9-7/h2-6H2,1H3. The molecule has 0 saturated heterocycles. The Balaban J connectivity index is 3.62. The average molecular weight is 239 g/mol. The predicted octanol–water partition coefficient (Wildman–Crippen LogP) is 0.480. The second kappa shape index (κ2) is 6.80. The van der Waals surface area contributed by atoms with E-state index in [-0.39, 0.29) is 11.5 Å². The van der Waals surface area contributed by atoms with Crippen molar-refractivity contribution in [2.24, 2.45) is 5.11 Å². The number of sulfone groups is 1. The van der Waals surface area contributed by atoms with Gasteiger partial charge in [-0.2, -0.15) is 0 Å². The van der Waals surface area contributed by atoms with Gasteiger partial charge in [0.2, 0.25) is 0 Å². The molecule has 8 heteroatoms. The molecule has 0 aromatic heterocycles. The van der Waals surface area contributed by atoms with E-state index in [4.69, 9.17) is 5.53 Å². The molecule has 0 aliphatic heterocycles. The lowest BCUT2D eigenvalue weighted by atomic mass is 10.5. The van der Waals surface area contributed by atoms with Crippen LogP contribution >= 0.6 is 0 Å². The van der Waals surface area contributed by atoms with Crippen molar-refractivity contribution >= 4 is 20.6 Å². The molecule has 0 aliphatic carbocycles. The lowest BCUT2D eigenvalue weighted by Gasteiger charge is -1.99. The van der Waals surface area contributed by atoms with Crippen LogP contribution in [0.2, 0.25) is 0 Å². The van der Waals surface area contributed by atoms with Crippen molar-refractivity contribution in [2.45, 2.75) is 6.42 Å². The molecule has 0 amide bonds. The van der Waals surface area contributed by atoms with Crippen LogP contribution < -0.4 is 0 Å². The maximum Gasteiger partial charge on any atom is 0.148 e. The fraction of sp³-hybridized carbons (Fsp3) is 1.00. The van der Waals surface area contributed by atoms with E-state index in [0.717, 1.165) is 6.26 Å². The first-order valence-corrected chi connectivity index (χ1v) is 7.54. The minimum Gasteiger partial charge on any atom is -0.260 e. The van der Waals surface area contributed by atoms with Gasteiger partial charge in [-0.25, -0.2) is 8.42 Å². The van der Waals surface area contributed by atoms with E-state index in [1.807, 2.05) is 0 Å². The summed E-state index contributed by atoms with van der Waals surface area (Å²) in [6.07, 6.45) is 1.64. The van der Waals surface area contributed by atoms with Crippen LogP contribution in [0, 0.1) is 0 Å². The maximum atomic E-state index is 11.2. The number of azide groups is 1. The number of hydrogen-bond acceptors (Lipinski definition) is 4. The molecular formula is C6H13N3O3S2. The quantitative estimate of drug-likeness (QED) is 0.279. The summed E-state index contributed by atoms with van der Waals surface area (Å²) in [6, 6.07) is 0. The van der Waals surface area contributed by atoms with Crippen molar-refractivity contribution in [2.75, 3.05) is 30.1 Å². The highest BCUT2D eigenvalue weighted by Crippen LogP contribution is 1.92. The van der Waals surface area contributed by atoms with Crippen LogP contribution in [0.5, 0.6) is 0 Å². The van der Waals surface area contributed by atoms with E-state index in [2.05, 4.69) is 10.0 Å². The first-order chi connectivity index (χ1) is 6.45. The van der Waals surface area contributed by atoms with Crippen LogP contribution in [0.15, 0.2) is 5.11 Å². The summed E-state index contributed by atoms with van der Waals surface area (Å²) in [5, 5.41) is 3.28. The average Bonchev–Trinajstić information content (AvgIpc) is 2.08. The van der Waals surface area contributed by atoms with Gasteiger partial charge in [0.05, 0.1) is 5.75 Å². The number of hydrogen-bond donors (Lipinski definition) is 0. The Labute approximate surface area is 85.7 Å². The van der Waals surface area contributed by atoms with Crippen LogP contribution in [0.3, 0.4) is 0 Å². The molecule has 1 unspecified atom stereocenters. The molecule has 0 aliphatic rings. The third-order valence-electron chi connectivity index (χ3n) is 1.38. The molecule has 82 valence electrons. The summed E-state index contributed by atoms with van der Waals surface area (Å²) < 4.78 is 32.6. The second-order valence-corrected chi connectivity index (χ2v) is 6.74. The summed E-state index contributed by atoms with van der Waals surface area (Å²) >= 11 is 0. The highest BCUT2D eigenvalue weighted by Gasteiger charge is 2.05. The normalized spacial score (nSPS) is 13.2. The highest BCUT2D eigenvalue weighted by molar-refractivity contribution is 7.92. The monoisotopic (exact) mass is 239 g/mol. The molecule has 0 aromatic carbocycles. The molecule has 0 fully saturated rings. The topological polar surface area (TPSA) is 100.0 Å². The predicted molar refractivity (Wildman–Crippen MR) is 56.2 cm³/mol. The van der Waals surface area contributed by atoms with E-state index in [9.17, 15) is 12.6 Å². The Bertz CT molecular complexity index is 332. The minimum atomic E-state index is -3.03. The lowest BCUT2D eigenvalue weighted by molar-refractivity contribution is 0.602. The largest absolute Gasteiger partial charge is 0.260 e. The van der Waals surface area contributed by atoms with Crippen molar-refractivity contribution in [3.63, 3.8) is 0 Å². The second-order valence-electron chi connectivity index (χ2n) is 2.79. The van der Waals surface area contributed by atoms with Crippen LogP contribution in [-0.4, -0.2) is 42.7 Å². The molecule has 1 atom stereocenters. The third kappa shape index (κ3) is 9.50. The first-order valence-electron chi connectivity index (χ1n) is 3.99. The van der Waals surface area contributed by atoms with Crippen LogP contribution in [0.1, 0.15) is 6.42 Å². The van der Waals surface area contributed by atoms with Crippen molar-refractivity contribution in [1.82, 2.24) is 0 Å². The molecule has 0 rings (SSSR count). The summed E-state index contributed by atoms with van der Waals surface area (Å²) in [4.78, 5) is 2.55. The lowest BCUT2D eigenvalue weighted by Crippen LogP contribution is -2.13. The molecule has 0 N–H and O–H groups in total. The maximum absolute atomic E-state index is 11.2. The van der Waals surface area contributed by atoms with Crippen LogP contribution in [-0.2, 0) is 20.6 Å². The Morgan fingerprint density at radius 2 is 2.07 bits per heavy atom. The molecule has 0 heterocycles. The van der Waals surface area contributed by atoms with Gasteiger partial charge >= 0.3 is 0 Å². The van der Waals surface area contributed by atoms with Gasteiger partial charge in [-0.3, -0.25) is 4.21 Å². The van der Waals surface area contributed by atoms with E-state index in [0.29, 0.717) is 18.7 Å². The van der Waals surface area contributed by atoms with Crippen molar-refractivity contribution in [1.29, 1.82) is 0 Å². The molecule has 0 spiro atoms. The summed E-state index contributed by atoms with van der Waals surface area (Å²) in [7, 11) is -4.16. The van der Waals surface area contributed by atoms with Crippen LogP contribution in [0.25, 0.3) is 10.4 Å². The third-order valence-corrected chi connectivity index (χ3v) is 3.98. The highest BCUT2D eigenvalue weighted by atomic mass is 32.2. The van der Waals surface area contributed by atoms with E-state index in [1.54, 1.807) is 0 Å².